The Labute approximate surface area is 175 Å². The van der Waals surface area contributed by atoms with Gasteiger partial charge in [0.15, 0.2) is 10.9 Å². The third-order valence-corrected chi connectivity index (χ3v) is 4.99. The Morgan fingerprint density at radius 3 is 2.04 bits per heavy atom. The van der Waals surface area contributed by atoms with E-state index in [1.54, 1.807) is 18.2 Å². The molecule has 0 radical (unpaired) electrons. The Balaban J connectivity index is 2.06. The van der Waals surface area contributed by atoms with Gasteiger partial charge in [-0.2, -0.15) is 0 Å². The Morgan fingerprint density at radius 1 is 0.893 bits per heavy atom. The molecule has 2 N–H and O–H groups in total. The fourth-order valence-corrected chi connectivity index (χ4v) is 3.35. The van der Waals surface area contributed by atoms with Crippen LogP contribution in [0.2, 0.25) is 0 Å². The lowest BCUT2D eigenvalue weighted by Crippen LogP contribution is -2.33. The van der Waals surface area contributed by atoms with E-state index in [4.69, 9.17) is 12.2 Å². The molecule has 5 heteroatoms. The summed E-state index contributed by atoms with van der Waals surface area (Å²) >= 11 is 5.18. The number of carbonyl (C=O) groups excluding carboxylic acids is 2. The van der Waals surface area contributed by atoms with E-state index < -0.39 is 0 Å². The summed E-state index contributed by atoms with van der Waals surface area (Å²) in [5.41, 5.74) is 1.31. The van der Waals surface area contributed by atoms with Crippen LogP contribution in [0.1, 0.15) is 101 Å². The molecule has 1 rings (SSSR count). The van der Waals surface area contributed by atoms with Gasteiger partial charge in [0.05, 0.1) is 0 Å². The van der Waals surface area contributed by atoms with Crippen molar-refractivity contribution in [3.8, 4) is 0 Å². The van der Waals surface area contributed by atoms with Gasteiger partial charge in [-0.3, -0.25) is 9.59 Å². The summed E-state index contributed by atoms with van der Waals surface area (Å²) in [6, 6.07) is 7.08. The zero-order chi connectivity index (χ0) is 20.6. The van der Waals surface area contributed by atoms with Gasteiger partial charge in [-0.15, -0.1) is 0 Å². The smallest absolute Gasteiger partial charge is 0.226 e. The molecule has 0 atom stereocenters. The number of nitrogens with one attached hydrogen (secondary N) is 2. The molecule has 0 saturated carbocycles. The van der Waals surface area contributed by atoms with Crippen molar-refractivity contribution >= 4 is 34.7 Å². The summed E-state index contributed by atoms with van der Waals surface area (Å²) < 4.78 is 0. The second kappa shape index (κ2) is 15.2. The highest BCUT2D eigenvalue weighted by Gasteiger charge is 2.06. The molecule has 0 aliphatic heterocycles. The number of rotatable bonds is 14. The Bertz CT molecular complexity index is 616. The predicted molar refractivity (Wildman–Crippen MR) is 122 cm³/mol. The van der Waals surface area contributed by atoms with E-state index in [0.29, 0.717) is 17.7 Å². The third-order valence-electron chi connectivity index (χ3n) is 4.79. The molecule has 0 aliphatic carbocycles. The summed E-state index contributed by atoms with van der Waals surface area (Å²) in [6.07, 6.45) is 14.4. The van der Waals surface area contributed by atoms with Crippen molar-refractivity contribution in [3.63, 3.8) is 0 Å². The average molecular weight is 405 g/mol. The molecule has 0 bridgehead atoms. The maximum atomic E-state index is 12.0. The van der Waals surface area contributed by atoms with Crippen LogP contribution in [0.5, 0.6) is 0 Å². The lowest BCUT2D eigenvalue weighted by molar-refractivity contribution is -0.119. The van der Waals surface area contributed by atoms with E-state index in [-0.39, 0.29) is 16.8 Å². The zero-order valence-corrected chi connectivity index (χ0v) is 18.3. The topological polar surface area (TPSA) is 58.2 Å². The number of benzene rings is 1. The minimum absolute atomic E-state index is 0.00454. The van der Waals surface area contributed by atoms with Crippen LogP contribution in [-0.2, 0) is 4.79 Å². The van der Waals surface area contributed by atoms with Crippen LogP contribution >= 0.6 is 12.2 Å². The van der Waals surface area contributed by atoms with Crippen LogP contribution in [0.3, 0.4) is 0 Å². The van der Waals surface area contributed by atoms with Crippen molar-refractivity contribution in [2.24, 2.45) is 0 Å². The quantitative estimate of drug-likeness (QED) is 0.214. The normalized spacial score (nSPS) is 10.5. The number of ketones is 1. The van der Waals surface area contributed by atoms with E-state index in [1.807, 2.05) is 6.07 Å². The highest BCUT2D eigenvalue weighted by molar-refractivity contribution is 7.80. The minimum Gasteiger partial charge on any atom is -0.332 e. The largest absolute Gasteiger partial charge is 0.332 e. The fourth-order valence-electron chi connectivity index (χ4n) is 3.12. The summed E-state index contributed by atoms with van der Waals surface area (Å²) in [4.78, 5) is 23.4. The maximum Gasteiger partial charge on any atom is 0.226 e. The van der Waals surface area contributed by atoms with Crippen molar-refractivity contribution in [1.82, 2.24) is 5.32 Å². The van der Waals surface area contributed by atoms with Crippen LogP contribution < -0.4 is 10.6 Å². The van der Waals surface area contributed by atoms with Gasteiger partial charge < -0.3 is 10.6 Å². The Morgan fingerprint density at radius 2 is 1.46 bits per heavy atom. The van der Waals surface area contributed by atoms with Crippen LogP contribution in [0, 0.1) is 0 Å². The number of hydrogen-bond acceptors (Lipinski definition) is 3. The van der Waals surface area contributed by atoms with Gasteiger partial charge in [0.1, 0.15) is 0 Å². The molecule has 0 spiro atoms. The number of amides is 1. The van der Waals surface area contributed by atoms with E-state index >= 15 is 0 Å². The standard InChI is InChI=1S/C23H36N2O2S/c1-3-4-5-6-7-8-9-10-11-12-13-17-22(27)25-23(28)24-21-16-14-15-20(18-21)19(2)26/h14-16,18H,3-13,17H2,1-2H3,(H2,24,25,27,28). The number of unbranched alkanes of at least 4 members (excludes halogenated alkanes) is 10. The van der Waals surface area contributed by atoms with Gasteiger partial charge in [-0.1, -0.05) is 83.3 Å². The number of thiocarbonyl (C=S) groups is 1. The highest BCUT2D eigenvalue weighted by atomic mass is 32.1. The number of hydrogen-bond donors (Lipinski definition) is 2. The van der Waals surface area contributed by atoms with Gasteiger partial charge >= 0.3 is 0 Å². The second-order valence-electron chi connectivity index (χ2n) is 7.42. The first-order valence-corrected chi connectivity index (χ1v) is 11.2. The molecule has 1 amide bonds. The molecule has 1 aromatic rings. The highest BCUT2D eigenvalue weighted by Crippen LogP contribution is 2.13. The third kappa shape index (κ3) is 11.9. The molecule has 156 valence electrons. The first-order valence-electron chi connectivity index (χ1n) is 10.7. The monoisotopic (exact) mass is 404 g/mol. The summed E-state index contributed by atoms with van der Waals surface area (Å²) in [5, 5.41) is 5.94. The molecule has 0 saturated heterocycles. The molecule has 0 heterocycles. The summed E-state index contributed by atoms with van der Waals surface area (Å²) in [7, 11) is 0. The van der Waals surface area contributed by atoms with E-state index in [0.717, 1.165) is 12.8 Å². The number of carbonyl (C=O) groups is 2. The molecule has 1 aromatic carbocycles. The lowest BCUT2D eigenvalue weighted by Gasteiger charge is -2.10. The van der Waals surface area contributed by atoms with Crippen LogP contribution in [-0.4, -0.2) is 16.8 Å². The lowest BCUT2D eigenvalue weighted by atomic mass is 10.1. The number of anilines is 1. The predicted octanol–water partition coefficient (Wildman–Crippen LogP) is 6.40. The van der Waals surface area contributed by atoms with Crippen LogP contribution in [0.25, 0.3) is 0 Å². The molecule has 0 fully saturated rings. The fraction of sp³-hybridized carbons (Fsp3) is 0.609. The molecular formula is C23H36N2O2S. The van der Waals surface area contributed by atoms with Crippen molar-refractivity contribution < 1.29 is 9.59 Å². The molecule has 0 aromatic heterocycles. The average Bonchev–Trinajstić information content (AvgIpc) is 2.66. The molecule has 0 aliphatic rings. The SMILES string of the molecule is CCCCCCCCCCCCCC(=O)NC(=S)Nc1cccc(C(C)=O)c1. The van der Waals surface area contributed by atoms with Gasteiger partial charge in [0.25, 0.3) is 0 Å². The van der Waals surface area contributed by atoms with E-state index in [1.165, 1.54) is 64.7 Å². The van der Waals surface area contributed by atoms with Gasteiger partial charge in [-0.05, 0) is 37.7 Å². The summed E-state index contributed by atoms with van der Waals surface area (Å²) in [6.45, 7) is 3.77. The Kier molecular flexibility index (Phi) is 13.2. The number of Topliss-reactive ketones (excluding diaryl/α,β-unsaturated/α-hetero) is 1. The van der Waals surface area contributed by atoms with Crippen molar-refractivity contribution in [2.75, 3.05) is 5.32 Å². The molecular weight excluding hydrogens is 368 g/mol. The van der Waals surface area contributed by atoms with Crippen molar-refractivity contribution in [1.29, 1.82) is 0 Å². The minimum atomic E-state index is -0.0591. The second-order valence-corrected chi connectivity index (χ2v) is 7.83. The zero-order valence-electron chi connectivity index (χ0n) is 17.5. The molecule has 0 unspecified atom stereocenters. The maximum absolute atomic E-state index is 12.0. The van der Waals surface area contributed by atoms with E-state index in [2.05, 4.69) is 17.6 Å². The van der Waals surface area contributed by atoms with Gasteiger partial charge in [-0.25, -0.2) is 0 Å². The van der Waals surface area contributed by atoms with E-state index in [9.17, 15) is 9.59 Å². The van der Waals surface area contributed by atoms with Gasteiger partial charge in [0.2, 0.25) is 5.91 Å². The van der Waals surface area contributed by atoms with Crippen LogP contribution in [0.15, 0.2) is 24.3 Å². The molecule has 28 heavy (non-hydrogen) atoms. The Hall–Kier alpha value is -1.75. The van der Waals surface area contributed by atoms with Crippen LogP contribution in [0.4, 0.5) is 5.69 Å². The molecule has 4 nitrogen and oxygen atoms in total. The first kappa shape index (κ1) is 24.3. The first-order chi connectivity index (χ1) is 13.5. The van der Waals surface area contributed by atoms with Crippen molar-refractivity contribution in [3.05, 3.63) is 29.8 Å². The summed E-state index contributed by atoms with van der Waals surface area (Å²) in [5.74, 6) is -0.0637. The van der Waals surface area contributed by atoms with Crippen molar-refractivity contribution in [2.45, 2.75) is 90.9 Å². The van der Waals surface area contributed by atoms with Gasteiger partial charge in [0, 0.05) is 17.7 Å².